The van der Waals surface area contributed by atoms with E-state index in [1.165, 1.54) is 16.9 Å². The van der Waals surface area contributed by atoms with Gasteiger partial charge in [0.1, 0.15) is 18.6 Å². The lowest BCUT2D eigenvalue weighted by Gasteiger charge is -2.19. The number of aromatic nitrogens is 1. The molecule has 0 radical (unpaired) electrons. The van der Waals surface area contributed by atoms with Crippen LogP contribution in [-0.2, 0) is 11.4 Å². The Labute approximate surface area is 238 Å². The molecule has 204 valence electrons. The zero-order valence-electron chi connectivity index (χ0n) is 22.8. The first kappa shape index (κ1) is 27.4. The van der Waals surface area contributed by atoms with Crippen molar-refractivity contribution in [2.24, 2.45) is 0 Å². The fourth-order valence-electron chi connectivity index (χ4n) is 4.90. The normalized spacial score (nSPS) is 12.6. The van der Waals surface area contributed by atoms with E-state index in [0.29, 0.717) is 24.0 Å². The molecular weight excluding hydrogens is 518 g/mol. The van der Waals surface area contributed by atoms with Gasteiger partial charge in [-0.3, -0.25) is 0 Å². The highest BCUT2D eigenvalue weighted by molar-refractivity contribution is 7.22. The number of hydrogen-bond donors (Lipinski definition) is 3. The Bertz CT molecular complexity index is 1590. The molecule has 1 aromatic heterocycles. The third-order valence-electron chi connectivity index (χ3n) is 6.88. The van der Waals surface area contributed by atoms with E-state index < -0.39 is 12.1 Å². The largest absolute Gasteiger partial charge is 0.489 e. The minimum atomic E-state index is -0.852. The number of carbonyl (C=O) groups excluding carboxylic acids is 1. The monoisotopic (exact) mass is 551 g/mol. The predicted molar refractivity (Wildman–Crippen MR) is 163 cm³/mol. The van der Waals surface area contributed by atoms with Gasteiger partial charge in [-0.25, -0.2) is 4.98 Å². The van der Waals surface area contributed by atoms with Crippen LogP contribution in [0.3, 0.4) is 0 Å². The standard InChI is InChI=1S/C33H33N3O3S/c1-21-15-22(2)31(23(3)16-21)36-32(38)25-13-14-28-30(17-25)40-33(35-28)34-18-26(19-37)27-11-7-8-12-29(27)39-20-24-9-5-4-6-10-24/h4-17,19,26,32,36,38H,18,20H2,1-3H3,(H,34,35). The van der Waals surface area contributed by atoms with Gasteiger partial charge >= 0.3 is 0 Å². The minimum absolute atomic E-state index is 0.387. The molecular formula is C33H33N3O3S. The number of para-hydroxylation sites is 1. The molecule has 0 spiro atoms. The Morgan fingerprint density at radius 2 is 1.68 bits per heavy atom. The summed E-state index contributed by atoms with van der Waals surface area (Å²) < 4.78 is 7.03. The number of aliphatic hydroxyl groups excluding tert-OH is 1. The average Bonchev–Trinajstić information content (AvgIpc) is 3.37. The zero-order valence-corrected chi connectivity index (χ0v) is 23.7. The molecule has 5 rings (SSSR count). The Balaban J connectivity index is 1.27. The maximum atomic E-state index is 12.1. The topological polar surface area (TPSA) is 83.5 Å². The second kappa shape index (κ2) is 12.3. The van der Waals surface area contributed by atoms with Crippen molar-refractivity contribution < 1.29 is 14.6 Å². The number of hydrogen-bond acceptors (Lipinski definition) is 7. The van der Waals surface area contributed by atoms with Crippen molar-refractivity contribution in [3.8, 4) is 5.75 Å². The number of ether oxygens (including phenoxy) is 1. The van der Waals surface area contributed by atoms with Crippen LogP contribution in [-0.4, -0.2) is 22.9 Å². The number of benzene rings is 4. The number of fused-ring (bicyclic) bond motifs is 1. The predicted octanol–water partition coefficient (Wildman–Crippen LogP) is 7.30. The van der Waals surface area contributed by atoms with Crippen molar-refractivity contribution in [3.05, 3.63) is 118 Å². The van der Waals surface area contributed by atoms with Gasteiger partial charge in [0, 0.05) is 23.4 Å². The van der Waals surface area contributed by atoms with Crippen molar-refractivity contribution in [2.45, 2.75) is 39.5 Å². The summed E-state index contributed by atoms with van der Waals surface area (Å²) in [5.74, 6) is 0.293. The van der Waals surface area contributed by atoms with Crippen LogP contribution in [0.5, 0.6) is 5.75 Å². The molecule has 0 aliphatic heterocycles. The fourth-order valence-corrected chi connectivity index (χ4v) is 5.82. The summed E-state index contributed by atoms with van der Waals surface area (Å²) in [5.41, 5.74) is 7.82. The summed E-state index contributed by atoms with van der Waals surface area (Å²) in [4.78, 5) is 16.8. The first-order valence-electron chi connectivity index (χ1n) is 13.3. The van der Waals surface area contributed by atoms with Crippen LogP contribution in [0.15, 0.2) is 84.9 Å². The molecule has 0 saturated heterocycles. The van der Waals surface area contributed by atoms with Crippen molar-refractivity contribution >= 4 is 38.7 Å². The van der Waals surface area contributed by atoms with Crippen LogP contribution in [0.2, 0.25) is 0 Å². The number of nitrogens with one attached hydrogen (secondary N) is 2. The number of anilines is 2. The Morgan fingerprint density at radius 1 is 0.950 bits per heavy atom. The Kier molecular flexibility index (Phi) is 8.43. The molecule has 0 amide bonds. The summed E-state index contributed by atoms with van der Waals surface area (Å²) in [6.07, 6.45) is 0.0927. The smallest absolute Gasteiger partial charge is 0.183 e. The molecule has 0 aliphatic carbocycles. The van der Waals surface area contributed by atoms with Gasteiger partial charge in [0.25, 0.3) is 0 Å². The molecule has 2 unspecified atom stereocenters. The molecule has 0 bridgehead atoms. The number of nitrogens with zero attached hydrogens (tertiary/aromatic N) is 1. The van der Waals surface area contributed by atoms with Crippen LogP contribution < -0.4 is 15.4 Å². The third-order valence-corrected chi connectivity index (χ3v) is 7.86. The van der Waals surface area contributed by atoms with Gasteiger partial charge < -0.3 is 25.3 Å². The van der Waals surface area contributed by atoms with Crippen molar-refractivity contribution in [3.63, 3.8) is 0 Å². The van der Waals surface area contributed by atoms with E-state index in [-0.39, 0.29) is 0 Å². The van der Waals surface area contributed by atoms with E-state index in [9.17, 15) is 9.90 Å². The quantitative estimate of drug-likeness (QED) is 0.118. The number of aliphatic hydroxyl groups is 1. The van der Waals surface area contributed by atoms with Crippen LogP contribution in [0.25, 0.3) is 10.2 Å². The molecule has 6 nitrogen and oxygen atoms in total. The second-order valence-electron chi connectivity index (χ2n) is 10.0. The maximum Gasteiger partial charge on any atom is 0.183 e. The first-order valence-corrected chi connectivity index (χ1v) is 14.1. The van der Waals surface area contributed by atoms with E-state index in [4.69, 9.17) is 9.72 Å². The number of rotatable bonds is 11. The summed E-state index contributed by atoms with van der Waals surface area (Å²) in [7, 11) is 0. The van der Waals surface area contributed by atoms with Gasteiger partial charge in [-0.05, 0) is 55.7 Å². The van der Waals surface area contributed by atoms with Crippen LogP contribution >= 0.6 is 11.3 Å². The molecule has 40 heavy (non-hydrogen) atoms. The lowest BCUT2D eigenvalue weighted by atomic mass is 9.99. The number of thiazole rings is 1. The SMILES string of the molecule is Cc1cc(C)c(NC(O)c2ccc3nc(NCC(C=O)c4ccccc4OCc4ccccc4)sc3c2)c(C)c1. The first-order chi connectivity index (χ1) is 19.4. The molecule has 4 aromatic carbocycles. The molecule has 1 heterocycles. The van der Waals surface area contributed by atoms with Crippen molar-refractivity contribution in [2.75, 3.05) is 17.2 Å². The van der Waals surface area contributed by atoms with Gasteiger partial charge in [-0.1, -0.05) is 83.6 Å². The highest BCUT2D eigenvalue weighted by Gasteiger charge is 2.17. The molecule has 7 heteroatoms. The second-order valence-corrected chi connectivity index (χ2v) is 11.0. The zero-order chi connectivity index (χ0) is 28.1. The summed E-state index contributed by atoms with van der Waals surface area (Å²) >= 11 is 1.49. The Morgan fingerprint density at radius 3 is 2.42 bits per heavy atom. The molecule has 5 aromatic rings. The molecule has 0 aliphatic rings. The highest BCUT2D eigenvalue weighted by atomic mass is 32.1. The molecule has 2 atom stereocenters. The minimum Gasteiger partial charge on any atom is -0.489 e. The molecule has 0 fully saturated rings. The summed E-state index contributed by atoms with van der Waals surface area (Å²) in [5, 5.41) is 18.3. The van der Waals surface area contributed by atoms with Gasteiger partial charge in [-0.2, -0.15) is 0 Å². The number of carbonyl (C=O) groups is 1. The Hall–Kier alpha value is -4.20. The van der Waals surface area contributed by atoms with Crippen LogP contribution in [0.1, 0.15) is 45.5 Å². The van der Waals surface area contributed by atoms with Crippen molar-refractivity contribution in [1.29, 1.82) is 0 Å². The highest BCUT2D eigenvalue weighted by Crippen LogP contribution is 2.32. The summed E-state index contributed by atoms with van der Waals surface area (Å²) in [6.45, 7) is 6.97. The van der Waals surface area contributed by atoms with E-state index in [0.717, 1.165) is 50.0 Å². The van der Waals surface area contributed by atoms with E-state index in [2.05, 4.69) is 29.7 Å². The van der Waals surface area contributed by atoms with E-state index in [1.807, 2.05) is 86.6 Å². The van der Waals surface area contributed by atoms with Gasteiger partial charge in [0.05, 0.1) is 16.1 Å². The summed E-state index contributed by atoms with van der Waals surface area (Å²) in [6, 6.07) is 27.6. The van der Waals surface area contributed by atoms with E-state index >= 15 is 0 Å². The van der Waals surface area contributed by atoms with Gasteiger partial charge in [0.2, 0.25) is 0 Å². The maximum absolute atomic E-state index is 12.1. The number of aldehydes is 1. The van der Waals surface area contributed by atoms with Gasteiger partial charge in [0.15, 0.2) is 11.4 Å². The molecule has 0 saturated carbocycles. The lowest BCUT2D eigenvalue weighted by Crippen LogP contribution is -2.15. The fraction of sp³-hybridized carbons (Fsp3) is 0.212. The third kappa shape index (κ3) is 6.33. The molecule has 3 N–H and O–H groups in total. The van der Waals surface area contributed by atoms with Crippen molar-refractivity contribution in [1.82, 2.24) is 4.98 Å². The number of aryl methyl sites for hydroxylation is 3. The average molecular weight is 552 g/mol. The van der Waals surface area contributed by atoms with Crippen LogP contribution in [0.4, 0.5) is 10.8 Å². The van der Waals surface area contributed by atoms with Gasteiger partial charge in [-0.15, -0.1) is 0 Å². The van der Waals surface area contributed by atoms with E-state index in [1.54, 1.807) is 0 Å². The van der Waals surface area contributed by atoms with Crippen LogP contribution in [0, 0.1) is 20.8 Å². The lowest BCUT2D eigenvalue weighted by molar-refractivity contribution is -0.108.